The smallest absolute Gasteiger partial charge is 0.147 e. The second-order valence-electron chi connectivity index (χ2n) is 2.19. The average Bonchev–Trinajstić information content (AvgIpc) is 1.90. The van der Waals surface area contributed by atoms with Gasteiger partial charge in [-0.25, -0.2) is 0 Å². The van der Waals surface area contributed by atoms with Gasteiger partial charge in [-0.1, -0.05) is 26.7 Å². The van der Waals surface area contributed by atoms with Gasteiger partial charge in [0.1, 0.15) is 6.79 Å². The van der Waals surface area contributed by atoms with Gasteiger partial charge in [0.25, 0.3) is 0 Å². The Hall–Kier alpha value is 0.350. The van der Waals surface area contributed by atoms with Crippen LogP contribution in [-0.2, 0) is 4.52 Å². The average molecular weight is 164 g/mol. The minimum Gasteiger partial charge on any atom is -0.370 e. The first-order chi connectivity index (χ1) is 4.85. The zero-order valence-corrected chi connectivity index (χ0v) is 7.73. The molecule has 0 bridgehead atoms. The predicted octanol–water partition coefficient (Wildman–Crippen LogP) is 2.17. The maximum absolute atomic E-state index is 8.48. The summed E-state index contributed by atoms with van der Waals surface area (Å²) in [6.45, 7) is 4.18. The van der Waals surface area contributed by atoms with Crippen LogP contribution in [0.2, 0.25) is 0 Å². The summed E-state index contributed by atoms with van der Waals surface area (Å²) in [7, 11) is -0.311. The lowest BCUT2D eigenvalue weighted by Gasteiger charge is -2.13. The van der Waals surface area contributed by atoms with Crippen LogP contribution in [-0.4, -0.2) is 24.2 Å². The van der Waals surface area contributed by atoms with Gasteiger partial charge in [0.2, 0.25) is 0 Å². The highest BCUT2D eigenvalue weighted by Gasteiger charge is 2.04. The molecule has 0 aromatic heterocycles. The van der Waals surface area contributed by atoms with Gasteiger partial charge >= 0.3 is 0 Å². The lowest BCUT2D eigenvalue weighted by Crippen LogP contribution is -1.94. The molecule has 1 N–H and O–H groups in total. The van der Waals surface area contributed by atoms with Gasteiger partial charge in [0.15, 0.2) is 0 Å². The SMILES string of the molecule is CCCP(CCC)OCO. The monoisotopic (exact) mass is 164 g/mol. The van der Waals surface area contributed by atoms with Crippen molar-refractivity contribution in [3.8, 4) is 0 Å². The number of aliphatic hydroxyl groups excluding tert-OH is 1. The number of hydrogen-bond donors (Lipinski definition) is 1. The van der Waals surface area contributed by atoms with E-state index in [4.69, 9.17) is 9.63 Å². The molecule has 0 saturated heterocycles. The molecule has 0 aromatic carbocycles. The third kappa shape index (κ3) is 5.16. The van der Waals surface area contributed by atoms with Crippen LogP contribution in [0.5, 0.6) is 0 Å². The minimum absolute atomic E-state index is 0.105. The second kappa shape index (κ2) is 7.46. The van der Waals surface area contributed by atoms with Crippen LogP contribution in [0, 0.1) is 0 Å². The van der Waals surface area contributed by atoms with Crippen LogP contribution in [0.15, 0.2) is 0 Å². The van der Waals surface area contributed by atoms with Crippen molar-refractivity contribution in [1.29, 1.82) is 0 Å². The van der Waals surface area contributed by atoms with Gasteiger partial charge in [0, 0.05) is 8.15 Å². The topological polar surface area (TPSA) is 29.5 Å². The van der Waals surface area contributed by atoms with E-state index < -0.39 is 0 Å². The van der Waals surface area contributed by atoms with Gasteiger partial charge in [-0.3, -0.25) is 0 Å². The lowest BCUT2D eigenvalue weighted by molar-refractivity contribution is 0.111. The highest BCUT2D eigenvalue weighted by Crippen LogP contribution is 2.37. The number of hydrogen-bond acceptors (Lipinski definition) is 2. The van der Waals surface area contributed by atoms with Gasteiger partial charge < -0.3 is 9.63 Å². The van der Waals surface area contributed by atoms with E-state index in [9.17, 15) is 0 Å². The van der Waals surface area contributed by atoms with Crippen molar-refractivity contribution in [1.82, 2.24) is 0 Å². The zero-order valence-electron chi connectivity index (χ0n) is 6.84. The molecular weight excluding hydrogens is 147 g/mol. The van der Waals surface area contributed by atoms with Crippen LogP contribution in [0.25, 0.3) is 0 Å². The highest BCUT2D eigenvalue weighted by molar-refractivity contribution is 7.52. The Balaban J connectivity index is 3.30. The summed E-state index contributed by atoms with van der Waals surface area (Å²) in [4.78, 5) is 0. The van der Waals surface area contributed by atoms with Gasteiger partial charge in [-0.05, 0) is 12.3 Å². The van der Waals surface area contributed by atoms with Gasteiger partial charge in [-0.2, -0.15) is 0 Å². The molecule has 0 amide bonds. The van der Waals surface area contributed by atoms with Crippen molar-refractivity contribution in [2.75, 3.05) is 19.1 Å². The molecular formula is C7H17O2P. The molecule has 10 heavy (non-hydrogen) atoms. The van der Waals surface area contributed by atoms with E-state index in [0.717, 1.165) is 25.2 Å². The van der Waals surface area contributed by atoms with E-state index in [-0.39, 0.29) is 14.9 Å². The van der Waals surface area contributed by atoms with Gasteiger partial charge in [0.05, 0.1) is 0 Å². The zero-order chi connectivity index (χ0) is 7.82. The maximum Gasteiger partial charge on any atom is 0.147 e. The number of aliphatic hydroxyl groups is 1. The first kappa shape index (κ1) is 10.3. The molecule has 0 aliphatic heterocycles. The maximum atomic E-state index is 8.48. The standard InChI is InChI=1S/C7H17O2P/c1-3-5-10(6-4-2)9-7-8/h8H,3-7H2,1-2H3. The summed E-state index contributed by atoms with van der Waals surface area (Å²) in [5, 5.41) is 8.48. The van der Waals surface area contributed by atoms with Crippen molar-refractivity contribution in [2.24, 2.45) is 0 Å². The molecule has 0 unspecified atom stereocenters. The summed E-state index contributed by atoms with van der Waals surface area (Å²) in [5.74, 6) is 0. The molecule has 0 aliphatic carbocycles. The number of rotatable bonds is 6. The van der Waals surface area contributed by atoms with E-state index in [0.29, 0.717) is 0 Å². The van der Waals surface area contributed by atoms with Crippen molar-refractivity contribution in [3.63, 3.8) is 0 Å². The molecule has 0 fully saturated rings. The Morgan fingerprint density at radius 1 is 1.20 bits per heavy atom. The highest BCUT2D eigenvalue weighted by atomic mass is 31.1. The van der Waals surface area contributed by atoms with E-state index >= 15 is 0 Å². The van der Waals surface area contributed by atoms with E-state index in [1.54, 1.807) is 0 Å². The first-order valence-electron chi connectivity index (χ1n) is 3.83. The Bertz CT molecular complexity index is 54.4. The summed E-state index contributed by atoms with van der Waals surface area (Å²) in [6.07, 6.45) is 4.57. The molecule has 0 saturated carbocycles. The third-order valence-corrected chi connectivity index (χ3v) is 3.56. The summed E-state index contributed by atoms with van der Waals surface area (Å²) >= 11 is 0. The van der Waals surface area contributed by atoms with E-state index in [1.165, 1.54) is 0 Å². The lowest BCUT2D eigenvalue weighted by atomic mass is 10.6. The molecule has 0 aromatic rings. The normalized spacial score (nSPS) is 10.8. The Labute approximate surface area is 64.4 Å². The fourth-order valence-electron chi connectivity index (χ4n) is 0.821. The molecule has 62 valence electrons. The van der Waals surface area contributed by atoms with Crippen molar-refractivity contribution >= 4 is 8.15 Å². The van der Waals surface area contributed by atoms with Crippen LogP contribution < -0.4 is 0 Å². The molecule has 0 aliphatic rings. The summed E-state index contributed by atoms with van der Waals surface area (Å²) in [5.41, 5.74) is 0. The van der Waals surface area contributed by atoms with E-state index in [1.807, 2.05) is 0 Å². The van der Waals surface area contributed by atoms with Crippen LogP contribution in [0.4, 0.5) is 0 Å². The first-order valence-corrected chi connectivity index (χ1v) is 5.46. The van der Waals surface area contributed by atoms with Crippen molar-refractivity contribution < 1.29 is 9.63 Å². The van der Waals surface area contributed by atoms with Crippen LogP contribution >= 0.6 is 8.15 Å². The molecule has 0 radical (unpaired) electrons. The molecule has 0 heterocycles. The quantitative estimate of drug-likeness (QED) is 0.481. The van der Waals surface area contributed by atoms with Crippen molar-refractivity contribution in [2.45, 2.75) is 26.7 Å². The molecule has 0 atom stereocenters. The molecule has 0 rings (SSSR count). The summed E-state index contributed by atoms with van der Waals surface area (Å²) < 4.78 is 5.14. The van der Waals surface area contributed by atoms with E-state index in [2.05, 4.69) is 13.8 Å². The second-order valence-corrected chi connectivity index (χ2v) is 4.30. The molecule has 3 heteroatoms. The molecule has 0 spiro atoms. The minimum atomic E-state index is -0.311. The molecule has 2 nitrogen and oxygen atoms in total. The Morgan fingerprint density at radius 3 is 2.00 bits per heavy atom. The van der Waals surface area contributed by atoms with Crippen molar-refractivity contribution in [3.05, 3.63) is 0 Å². The Morgan fingerprint density at radius 2 is 1.70 bits per heavy atom. The predicted molar refractivity (Wildman–Crippen MR) is 45.4 cm³/mol. The fourth-order valence-corrected chi connectivity index (χ4v) is 2.46. The van der Waals surface area contributed by atoms with Crippen LogP contribution in [0.3, 0.4) is 0 Å². The third-order valence-electron chi connectivity index (χ3n) is 1.19. The largest absolute Gasteiger partial charge is 0.370 e. The summed E-state index contributed by atoms with van der Waals surface area (Å²) in [6, 6.07) is 0. The van der Waals surface area contributed by atoms with Gasteiger partial charge in [-0.15, -0.1) is 0 Å². The van der Waals surface area contributed by atoms with Crippen LogP contribution in [0.1, 0.15) is 26.7 Å². The Kier molecular flexibility index (Phi) is 7.72. The fraction of sp³-hybridized carbons (Fsp3) is 1.00.